The lowest BCUT2D eigenvalue weighted by molar-refractivity contribution is -0.139. The Morgan fingerprint density at radius 1 is 0.825 bits per heavy atom. The predicted molar refractivity (Wildman–Crippen MR) is 145 cm³/mol. The number of carbonyl (C=O) groups is 4. The summed E-state index contributed by atoms with van der Waals surface area (Å²) in [5.74, 6) is -1.25. The first kappa shape index (κ1) is 34.5. The zero-order valence-electron chi connectivity index (χ0n) is 24.6. The second kappa shape index (κ2) is 16.5. The van der Waals surface area contributed by atoms with Gasteiger partial charge in [-0.3, -0.25) is 4.79 Å². The lowest BCUT2D eigenvalue weighted by atomic mass is 9.99. The van der Waals surface area contributed by atoms with Gasteiger partial charge in [-0.15, -0.1) is 0 Å². The number of benzene rings is 1. The van der Waals surface area contributed by atoms with Crippen LogP contribution >= 0.6 is 0 Å². The van der Waals surface area contributed by atoms with Gasteiger partial charge >= 0.3 is 24.4 Å². The Kier molecular flexibility index (Phi) is 14.3. The highest BCUT2D eigenvalue weighted by Gasteiger charge is 2.23. The number of carbonyl (C=O) groups excluding carboxylic acids is 3. The van der Waals surface area contributed by atoms with E-state index in [1.165, 1.54) is 18.2 Å². The highest BCUT2D eigenvalue weighted by molar-refractivity contribution is 5.74. The summed E-state index contributed by atoms with van der Waals surface area (Å²) in [6, 6.07) is 3.19. The molecule has 2 N–H and O–H groups in total. The number of rotatable bonds is 14. The van der Waals surface area contributed by atoms with Gasteiger partial charge in [0.1, 0.15) is 12.1 Å². The minimum atomic E-state index is -1.15. The van der Waals surface area contributed by atoms with Gasteiger partial charge in [-0.1, -0.05) is 54.5 Å². The third-order valence-corrected chi connectivity index (χ3v) is 4.77. The van der Waals surface area contributed by atoms with Crippen LogP contribution in [0.15, 0.2) is 18.2 Å². The van der Waals surface area contributed by atoms with Crippen molar-refractivity contribution in [2.24, 2.45) is 17.3 Å². The molecule has 1 aromatic carbocycles. The number of carboxylic acid groups (broad SMARTS) is 1. The Bertz CT molecular complexity index is 985. The van der Waals surface area contributed by atoms with E-state index in [0.717, 1.165) is 0 Å². The first-order chi connectivity index (χ1) is 18.6. The summed E-state index contributed by atoms with van der Waals surface area (Å²) < 4.78 is 30.8. The first-order valence-electron chi connectivity index (χ1n) is 13.2. The average Bonchev–Trinajstić information content (AvgIpc) is 2.83. The van der Waals surface area contributed by atoms with Crippen molar-refractivity contribution in [3.05, 3.63) is 23.8 Å². The Morgan fingerprint density at radius 2 is 1.38 bits per heavy atom. The molecule has 0 aliphatic rings. The van der Waals surface area contributed by atoms with Crippen molar-refractivity contribution in [2.75, 3.05) is 26.4 Å². The zero-order chi connectivity index (χ0) is 30.5. The molecule has 0 saturated carbocycles. The second-order valence-corrected chi connectivity index (χ2v) is 11.4. The molecule has 0 aromatic heterocycles. The summed E-state index contributed by atoms with van der Waals surface area (Å²) in [5.41, 5.74) is 0.227. The third kappa shape index (κ3) is 15.2. The van der Waals surface area contributed by atoms with Crippen LogP contribution in [0.1, 0.15) is 61.0 Å². The van der Waals surface area contributed by atoms with Gasteiger partial charge in [-0.05, 0) is 48.3 Å². The Balaban J connectivity index is 2.94. The SMILES string of the molecule is CC(C)COC(=O)Oc1ccc(C[C@H](NCC(C)OC(=O)OCC(C)(C)C)C(=O)O)cc1OC(=O)OCC(C)C. The molecule has 12 nitrogen and oxygen atoms in total. The molecule has 0 aliphatic heterocycles. The molecule has 1 aromatic rings. The number of hydrogen-bond acceptors (Lipinski definition) is 11. The standard InChI is InChI=1S/C28H43NO11/c1-17(2)14-35-25(32)39-22-10-9-20(12-23(22)40-26(33)36-15-18(3)4)11-21(24(30)31)29-13-19(5)38-27(34)37-16-28(6,7)8/h9-10,12,17-19,21,29H,11,13-16H2,1-8H3,(H,30,31)/t19?,21-/m0/s1. The van der Waals surface area contributed by atoms with Crippen LogP contribution in [0.2, 0.25) is 0 Å². The molecular weight excluding hydrogens is 526 g/mol. The summed E-state index contributed by atoms with van der Waals surface area (Å²) in [7, 11) is 0. The Morgan fingerprint density at radius 3 is 1.88 bits per heavy atom. The fourth-order valence-corrected chi connectivity index (χ4v) is 2.86. The van der Waals surface area contributed by atoms with Crippen LogP contribution in [0, 0.1) is 17.3 Å². The molecule has 0 amide bonds. The normalized spacial score (nSPS) is 12.8. The van der Waals surface area contributed by atoms with Crippen LogP contribution in [0.4, 0.5) is 14.4 Å². The highest BCUT2D eigenvalue weighted by atomic mass is 16.7. The van der Waals surface area contributed by atoms with Crippen molar-refractivity contribution in [2.45, 2.75) is 74.0 Å². The molecule has 1 rings (SSSR count). The molecule has 0 bridgehead atoms. The largest absolute Gasteiger partial charge is 0.513 e. The van der Waals surface area contributed by atoms with Crippen molar-refractivity contribution >= 4 is 24.4 Å². The maximum absolute atomic E-state index is 12.2. The van der Waals surface area contributed by atoms with E-state index in [-0.39, 0.29) is 61.5 Å². The van der Waals surface area contributed by atoms with Gasteiger partial charge < -0.3 is 38.8 Å². The fraction of sp³-hybridized carbons (Fsp3) is 0.643. The quantitative estimate of drug-likeness (QED) is 0.172. The molecule has 0 radical (unpaired) electrons. The minimum Gasteiger partial charge on any atom is -0.480 e. The van der Waals surface area contributed by atoms with Crippen LogP contribution in [-0.4, -0.2) is 68.1 Å². The number of aliphatic carboxylic acids is 1. The molecule has 2 atom stereocenters. The molecule has 1 unspecified atom stereocenters. The van der Waals surface area contributed by atoms with Crippen molar-refractivity contribution in [1.29, 1.82) is 0 Å². The highest BCUT2D eigenvalue weighted by Crippen LogP contribution is 2.30. The third-order valence-electron chi connectivity index (χ3n) is 4.77. The topological polar surface area (TPSA) is 156 Å². The first-order valence-corrected chi connectivity index (χ1v) is 13.2. The molecule has 0 saturated heterocycles. The van der Waals surface area contributed by atoms with Gasteiger partial charge in [-0.2, -0.15) is 0 Å². The predicted octanol–water partition coefficient (Wildman–Crippen LogP) is 5.20. The Hall–Kier alpha value is -3.54. The summed E-state index contributed by atoms with van der Waals surface area (Å²) in [6.45, 7) is 15.2. The van der Waals surface area contributed by atoms with E-state index in [1.807, 2.05) is 48.5 Å². The van der Waals surface area contributed by atoms with Gasteiger partial charge in [0.15, 0.2) is 11.5 Å². The molecule has 0 heterocycles. The summed E-state index contributed by atoms with van der Waals surface area (Å²) in [5, 5.41) is 12.6. The van der Waals surface area contributed by atoms with E-state index in [0.29, 0.717) is 5.56 Å². The van der Waals surface area contributed by atoms with Crippen LogP contribution in [-0.2, 0) is 30.2 Å². The molecule has 0 spiro atoms. The van der Waals surface area contributed by atoms with Gasteiger partial charge in [0.25, 0.3) is 0 Å². The average molecular weight is 570 g/mol. The maximum atomic E-state index is 12.2. The van der Waals surface area contributed by atoms with Gasteiger partial charge in [0, 0.05) is 6.54 Å². The van der Waals surface area contributed by atoms with Crippen LogP contribution in [0.5, 0.6) is 11.5 Å². The van der Waals surface area contributed by atoms with Crippen LogP contribution in [0.25, 0.3) is 0 Å². The van der Waals surface area contributed by atoms with E-state index < -0.39 is 36.6 Å². The summed E-state index contributed by atoms with van der Waals surface area (Å²) in [4.78, 5) is 48.1. The lowest BCUT2D eigenvalue weighted by Gasteiger charge is -2.21. The molecule has 0 fully saturated rings. The van der Waals surface area contributed by atoms with Crippen molar-refractivity contribution < 1.29 is 52.7 Å². The smallest absolute Gasteiger partial charge is 0.480 e. The van der Waals surface area contributed by atoms with Gasteiger partial charge in [0.2, 0.25) is 0 Å². The fourth-order valence-electron chi connectivity index (χ4n) is 2.86. The summed E-state index contributed by atoms with van der Waals surface area (Å²) in [6.07, 6.45) is -3.54. The lowest BCUT2D eigenvalue weighted by Crippen LogP contribution is -2.42. The van der Waals surface area contributed by atoms with Crippen molar-refractivity contribution in [3.8, 4) is 11.5 Å². The van der Waals surface area contributed by atoms with Crippen molar-refractivity contribution in [1.82, 2.24) is 5.32 Å². The van der Waals surface area contributed by atoms with Crippen LogP contribution in [0.3, 0.4) is 0 Å². The van der Waals surface area contributed by atoms with E-state index in [1.54, 1.807) is 6.92 Å². The molecule has 12 heteroatoms. The zero-order valence-corrected chi connectivity index (χ0v) is 24.6. The van der Waals surface area contributed by atoms with Gasteiger partial charge in [0.05, 0.1) is 19.8 Å². The maximum Gasteiger partial charge on any atom is 0.513 e. The van der Waals surface area contributed by atoms with E-state index in [2.05, 4.69) is 5.32 Å². The van der Waals surface area contributed by atoms with E-state index in [4.69, 9.17) is 28.4 Å². The number of nitrogens with one attached hydrogen (secondary N) is 1. The van der Waals surface area contributed by atoms with Gasteiger partial charge in [-0.25, -0.2) is 14.4 Å². The number of ether oxygens (including phenoxy) is 6. The Labute approximate surface area is 235 Å². The van der Waals surface area contributed by atoms with Crippen molar-refractivity contribution in [3.63, 3.8) is 0 Å². The molecule has 40 heavy (non-hydrogen) atoms. The minimum absolute atomic E-state index is 0.0357. The van der Waals surface area contributed by atoms with E-state index in [9.17, 15) is 24.3 Å². The molecule has 0 aliphatic carbocycles. The second-order valence-electron chi connectivity index (χ2n) is 11.4. The van der Waals surface area contributed by atoms with E-state index >= 15 is 0 Å². The van der Waals surface area contributed by atoms with Crippen LogP contribution < -0.4 is 14.8 Å². The molecule has 226 valence electrons. The number of carboxylic acids is 1. The number of hydrogen-bond donors (Lipinski definition) is 2. The summed E-state index contributed by atoms with van der Waals surface area (Å²) >= 11 is 0. The molecular formula is C28H43NO11. The monoisotopic (exact) mass is 569 g/mol.